The van der Waals surface area contributed by atoms with Crippen molar-refractivity contribution in [2.45, 2.75) is 12.5 Å². The number of thioether (sulfide) groups is 1. The van der Waals surface area contributed by atoms with Crippen molar-refractivity contribution in [2.24, 2.45) is 0 Å². The molecule has 0 saturated carbocycles. The second kappa shape index (κ2) is 8.56. The second-order valence-electron chi connectivity index (χ2n) is 3.17. The number of nitrogens with zero attached hydrogens (tertiary/aromatic N) is 1. The van der Waals surface area contributed by atoms with Crippen LogP contribution < -0.4 is 0 Å². The fourth-order valence-electron chi connectivity index (χ4n) is 1.35. The summed E-state index contributed by atoms with van der Waals surface area (Å²) < 4.78 is 0. The average molecular weight is 229 g/mol. The van der Waals surface area contributed by atoms with Gasteiger partial charge in [0.05, 0.1) is 0 Å². The first kappa shape index (κ1) is 14.3. The van der Waals surface area contributed by atoms with Crippen LogP contribution in [0.2, 0.25) is 0 Å². The van der Waals surface area contributed by atoms with Crippen LogP contribution in [0.5, 0.6) is 0 Å². The van der Waals surface area contributed by atoms with Gasteiger partial charge in [0.15, 0.2) is 0 Å². The van der Waals surface area contributed by atoms with Gasteiger partial charge in [-0.3, -0.25) is 9.69 Å². The van der Waals surface area contributed by atoms with E-state index in [1.54, 1.807) is 23.9 Å². The van der Waals surface area contributed by atoms with Crippen LogP contribution in [0.25, 0.3) is 0 Å². The third-order valence-electron chi connectivity index (χ3n) is 2.05. The lowest BCUT2D eigenvalue weighted by atomic mass is 10.2. The predicted molar refractivity (Wildman–Crippen MR) is 66.4 cm³/mol. The Morgan fingerprint density at radius 1 is 1.47 bits per heavy atom. The Balaban J connectivity index is 4.42. The van der Waals surface area contributed by atoms with Gasteiger partial charge in [0.2, 0.25) is 0 Å². The standard InChI is InChI=1S/C11H19NO2S/c1-4-7-12(8-5-2)10(11(13)14)6-9-15-3/h4-5,10H,1-2,6-9H2,3H3,(H,13,14)/t10-/m0/s1. The van der Waals surface area contributed by atoms with E-state index in [1.165, 1.54) is 0 Å². The van der Waals surface area contributed by atoms with Crippen molar-refractivity contribution in [2.75, 3.05) is 25.1 Å². The fraction of sp³-hybridized carbons (Fsp3) is 0.545. The molecular weight excluding hydrogens is 210 g/mol. The molecule has 0 rings (SSSR count). The number of carbonyl (C=O) groups is 1. The number of hydrogen-bond donors (Lipinski definition) is 1. The summed E-state index contributed by atoms with van der Waals surface area (Å²) in [5.41, 5.74) is 0. The molecule has 1 N–H and O–H groups in total. The minimum Gasteiger partial charge on any atom is -0.480 e. The first-order chi connectivity index (χ1) is 7.17. The Kier molecular flexibility index (Phi) is 8.14. The number of aliphatic carboxylic acids is 1. The molecule has 0 aromatic rings. The zero-order valence-corrected chi connectivity index (χ0v) is 10.0. The van der Waals surface area contributed by atoms with Crippen molar-refractivity contribution >= 4 is 17.7 Å². The van der Waals surface area contributed by atoms with Gasteiger partial charge >= 0.3 is 5.97 Å². The second-order valence-corrected chi connectivity index (χ2v) is 4.15. The zero-order chi connectivity index (χ0) is 11.7. The average Bonchev–Trinajstić information content (AvgIpc) is 2.18. The van der Waals surface area contributed by atoms with Gasteiger partial charge in [-0.1, -0.05) is 12.2 Å². The highest BCUT2D eigenvalue weighted by molar-refractivity contribution is 7.98. The summed E-state index contributed by atoms with van der Waals surface area (Å²) >= 11 is 1.66. The Morgan fingerprint density at radius 3 is 2.33 bits per heavy atom. The summed E-state index contributed by atoms with van der Waals surface area (Å²) in [7, 11) is 0. The van der Waals surface area contributed by atoms with E-state index in [2.05, 4.69) is 13.2 Å². The molecule has 0 aromatic carbocycles. The molecule has 86 valence electrons. The summed E-state index contributed by atoms with van der Waals surface area (Å²) in [6.07, 6.45) is 6.07. The maximum atomic E-state index is 11.1. The van der Waals surface area contributed by atoms with Gasteiger partial charge in [0.1, 0.15) is 6.04 Å². The van der Waals surface area contributed by atoms with E-state index in [4.69, 9.17) is 5.11 Å². The van der Waals surface area contributed by atoms with Crippen LogP contribution in [-0.4, -0.2) is 47.1 Å². The van der Waals surface area contributed by atoms with Crippen LogP contribution in [0, 0.1) is 0 Å². The molecule has 0 aromatic heterocycles. The molecule has 0 bridgehead atoms. The van der Waals surface area contributed by atoms with E-state index < -0.39 is 12.0 Å². The lowest BCUT2D eigenvalue weighted by molar-refractivity contribution is -0.142. The highest BCUT2D eigenvalue weighted by Crippen LogP contribution is 2.09. The van der Waals surface area contributed by atoms with Gasteiger partial charge in [0, 0.05) is 13.1 Å². The van der Waals surface area contributed by atoms with Crippen molar-refractivity contribution in [3.05, 3.63) is 25.3 Å². The smallest absolute Gasteiger partial charge is 0.320 e. The molecule has 0 aliphatic heterocycles. The molecule has 0 unspecified atom stereocenters. The maximum absolute atomic E-state index is 11.1. The molecule has 0 aliphatic rings. The van der Waals surface area contributed by atoms with Crippen LogP contribution in [0.4, 0.5) is 0 Å². The van der Waals surface area contributed by atoms with Crippen LogP contribution in [0.1, 0.15) is 6.42 Å². The minimum absolute atomic E-state index is 0.437. The lowest BCUT2D eigenvalue weighted by Crippen LogP contribution is -2.41. The Labute approximate surface area is 95.8 Å². The quantitative estimate of drug-likeness (QED) is 0.613. The normalized spacial score (nSPS) is 12.4. The topological polar surface area (TPSA) is 40.5 Å². The van der Waals surface area contributed by atoms with Gasteiger partial charge < -0.3 is 5.11 Å². The maximum Gasteiger partial charge on any atom is 0.320 e. The number of carboxylic acid groups (broad SMARTS) is 1. The largest absolute Gasteiger partial charge is 0.480 e. The molecule has 1 atom stereocenters. The third-order valence-corrected chi connectivity index (χ3v) is 2.69. The third kappa shape index (κ3) is 5.64. The van der Waals surface area contributed by atoms with Crippen LogP contribution >= 0.6 is 11.8 Å². The molecule has 0 heterocycles. The van der Waals surface area contributed by atoms with Crippen molar-refractivity contribution in [3.63, 3.8) is 0 Å². The molecule has 0 amide bonds. The molecule has 15 heavy (non-hydrogen) atoms. The van der Waals surface area contributed by atoms with Gasteiger partial charge in [-0.05, 0) is 18.4 Å². The number of carboxylic acids is 1. The molecule has 4 heteroatoms. The van der Waals surface area contributed by atoms with Gasteiger partial charge in [-0.15, -0.1) is 13.2 Å². The van der Waals surface area contributed by atoms with Crippen LogP contribution in [0.3, 0.4) is 0 Å². The molecule has 0 spiro atoms. The summed E-state index contributed by atoms with van der Waals surface area (Å²) in [6.45, 7) is 8.42. The van der Waals surface area contributed by atoms with Crippen molar-refractivity contribution in [1.82, 2.24) is 4.90 Å². The van der Waals surface area contributed by atoms with Gasteiger partial charge in [-0.2, -0.15) is 11.8 Å². The van der Waals surface area contributed by atoms with Crippen molar-refractivity contribution < 1.29 is 9.90 Å². The SMILES string of the molecule is C=CCN(CC=C)[C@@H](CCSC)C(=O)O. The summed E-state index contributed by atoms with van der Waals surface area (Å²) in [5, 5.41) is 9.10. The van der Waals surface area contributed by atoms with E-state index in [0.717, 1.165) is 5.75 Å². The van der Waals surface area contributed by atoms with Gasteiger partial charge in [-0.25, -0.2) is 0 Å². The van der Waals surface area contributed by atoms with E-state index in [9.17, 15) is 4.79 Å². The predicted octanol–water partition coefficient (Wildman–Crippen LogP) is 1.87. The fourth-order valence-corrected chi connectivity index (χ4v) is 1.81. The van der Waals surface area contributed by atoms with Crippen LogP contribution in [0.15, 0.2) is 25.3 Å². The summed E-state index contributed by atoms with van der Waals surface area (Å²) in [6, 6.07) is -0.437. The van der Waals surface area contributed by atoms with Crippen LogP contribution in [-0.2, 0) is 4.79 Å². The molecular formula is C11H19NO2S. The first-order valence-electron chi connectivity index (χ1n) is 4.85. The van der Waals surface area contributed by atoms with E-state index in [1.807, 2.05) is 11.2 Å². The highest BCUT2D eigenvalue weighted by atomic mass is 32.2. The molecule has 0 radical (unpaired) electrons. The molecule has 0 fully saturated rings. The Hall–Kier alpha value is -0.740. The zero-order valence-electron chi connectivity index (χ0n) is 9.19. The van der Waals surface area contributed by atoms with Crippen molar-refractivity contribution in [1.29, 1.82) is 0 Å². The summed E-state index contributed by atoms with van der Waals surface area (Å²) in [5.74, 6) is 0.0784. The molecule has 3 nitrogen and oxygen atoms in total. The van der Waals surface area contributed by atoms with Crippen molar-refractivity contribution in [3.8, 4) is 0 Å². The first-order valence-corrected chi connectivity index (χ1v) is 6.24. The van der Waals surface area contributed by atoms with Gasteiger partial charge in [0.25, 0.3) is 0 Å². The Morgan fingerprint density at radius 2 is 2.00 bits per heavy atom. The number of hydrogen-bond acceptors (Lipinski definition) is 3. The monoisotopic (exact) mass is 229 g/mol. The van der Waals surface area contributed by atoms with E-state index >= 15 is 0 Å². The minimum atomic E-state index is -0.771. The highest BCUT2D eigenvalue weighted by Gasteiger charge is 2.22. The Bertz CT molecular complexity index is 209. The lowest BCUT2D eigenvalue weighted by Gasteiger charge is -2.26. The van der Waals surface area contributed by atoms with E-state index in [0.29, 0.717) is 19.5 Å². The summed E-state index contributed by atoms with van der Waals surface area (Å²) in [4.78, 5) is 12.9. The van der Waals surface area contributed by atoms with E-state index in [-0.39, 0.29) is 0 Å². The molecule has 0 saturated heterocycles. The number of rotatable bonds is 9. The molecule has 0 aliphatic carbocycles.